The monoisotopic (exact) mass is 562 g/mol. The van der Waals surface area contributed by atoms with E-state index in [1.165, 1.54) is 31.2 Å². The first-order chi connectivity index (χ1) is 18.6. The number of rotatable bonds is 0. The van der Waals surface area contributed by atoms with Crippen molar-refractivity contribution >= 4 is 0 Å². The highest BCUT2D eigenvalue weighted by atomic mass is 14.8. The largest absolute Gasteiger partial charge is 0.265 e. The molecule has 3 heteroatoms. The molecule has 0 atom stereocenters. The average Bonchev–Trinajstić information content (AvgIpc) is 2.77. The number of aromatic nitrogens is 3. The van der Waals surface area contributed by atoms with Crippen molar-refractivity contribution in [1.82, 2.24) is 15.0 Å². The fourth-order valence-electron chi connectivity index (χ4n) is 3.90. The highest BCUT2D eigenvalue weighted by molar-refractivity contribution is 5.22. The lowest BCUT2D eigenvalue weighted by Crippen LogP contribution is -2.58. The summed E-state index contributed by atoms with van der Waals surface area (Å²) in [6.07, 6.45) is 13.0. The molecule has 0 radical (unpaired) electrons. The molecule has 3 saturated carbocycles. The first-order valence-electron chi connectivity index (χ1n) is 15.2. The van der Waals surface area contributed by atoms with Gasteiger partial charge < -0.3 is 0 Å². The second-order valence-electron chi connectivity index (χ2n) is 16.6. The molecule has 2 bridgehead atoms. The van der Waals surface area contributed by atoms with E-state index in [1.807, 2.05) is 18.2 Å². The van der Waals surface area contributed by atoms with Crippen molar-refractivity contribution in [3.63, 3.8) is 0 Å². The molecule has 2 aromatic heterocycles. The Morgan fingerprint density at radius 3 is 1.00 bits per heavy atom. The summed E-state index contributed by atoms with van der Waals surface area (Å²) in [6, 6.07) is 18.0. The van der Waals surface area contributed by atoms with Crippen LogP contribution in [0.2, 0.25) is 0 Å². The van der Waals surface area contributed by atoms with Gasteiger partial charge in [0.05, 0.1) is 0 Å². The molecule has 3 aromatic rings. The van der Waals surface area contributed by atoms with E-state index < -0.39 is 0 Å². The van der Waals surface area contributed by atoms with Crippen LogP contribution >= 0.6 is 0 Å². The summed E-state index contributed by atoms with van der Waals surface area (Å²) in [5, 5.41) is 0. The van der Waals surface area contributed by atoms with Crippen molar-refractivity contribution in [2.45, 2.75) is 122 Å². The Balaban J connectivity index is 0.000000480. The molecule has 0 aliphatic heterocycles. The first kappa shape index (κ1) is 38.5. The Bertz CT molecular complexity index is 877. The number of nitrogens with zero attached hydrogens (tertiary/aromatic N) is 3. The maximum Gasteiger partial charge on any atom is 0.115 e. The van der Waals surface area contributed by atoms with Gasteiger partial charge in [0.15, 0.2) is 0 Å². The van der Waals surface area contributed by atoms with Gasteiger partial charge in [0.25, 0.3) is 0 Å². The van der Waals surface area contributed by atoms with Gasteiger partial charge in [-0.25, -0.2) is 9.97 Å². The molecule has 3 aliphatic carbocycles. The van der Waals surface area contributed by atoms with Gasteiger partial charge in [-0.3, -0.25) is 4.98 Å². The lowest BCUT2D eigenvalue weighted by Gasteiger charge is -2.68. The fourth-order valence-corrected chi connectivity index (χ4v) is 3.90. The molecule has 0 unspecified atom stereocenters. The standard InChI is InChI=1S/C10H14.C9H16.C5H5N.2C5H12.C4H4N2/c1-10(2,3)9-7-5-4-6-8-9;1-8(2,3)9-4-7(5-9)6-9;1-2-4-6-5-3-1;2*1-5(2,3)4;1-2-5-4-6-3-1/h4-8H,1-3H3;7H,4-6H2,1-3H3;1-5H;2*1-4H3;1-4H. The Kier molecular flexibility index (Phi) is 16.3. The van der Waals surface area contributed by atoms with E-state index >= 15 is 0 Å². The van der Waals surface area contributed by atoms with Gasteiger partial charge >= 0.3 is 0 Å². The number of hydrogen-bond donors (Lipinski definition) is 0. The van der Waals surface area contributed by atoms with E-state index in [4.69, 9.17) is 0 Å². The minimum absolute atomic E-state index is 0.293. The molecule has 3 aliphatic rings. The van der Waals surface area contributed by atoms with Crippen LogP contribution in [0.4, 0.5) is 0 Å². The van der Waals surface area contributed by atoms with Crippen molar-refractivity contribution in [2.75, 3.05) is 0 Å². The zero-order valence-corrected chi connectivity index (χ0v) is 29.1. The molecular formula is C38H63N3. The molecule has 0 saturated heterocycles. The summed E-state index contributed by atoms with van der Waals surface area (Å²) >= 11 is 0. The van der Waals surface area contributed by atoms with E-state index in [1.54, 1.807) is 30.9 Å². The SMILES string of the molecule is CC(C)(C)C.CC(C)(C)C.CC(C)(C)C12CC(C1)C2.CC(C)(C)c1ccccc1.c1ccncc1.c1cncnc1. The zero-order valence-electron chi connectivity index (χ0n) is 29.1. The number of benzene rings is 1. The second-order valence-corrected chi connectivity index (χ2v) is 16.6. The fraction of sp³-hybridized carbons (Fsp3) is 0.605. The summed E-state index contributed by atoms with van der Waals surface area (Å²) in [6.45, 7) is 31.3. The van der Waals surface area contributed by atoms with Crippen molar-refractivity contribution in [3.05, 3.63) is 91.3 Å². The van der Waals surface area contributed by atoms with Gasteiger partial charge in [-0.1, -0.05) is 133 Å². The number of pyridine rings is 1. The van der Waals surface area contributed by atoms with Crippen molar-refractivity contribution in [3.8, 4) is 0 Å². The average molecular weight is 562 g/mol. The molecule has 2 heterocycles. The third-order valence-corrected chi connectivity index (χ3v) is 6.31. The Labute approximate surface area is 255 Å². The van der Waals surface area contributed by atoms with Gasteiger partial charge in [-0.2, -0.15) is 0 Å². The summed E-state index contributed by atoms with van der Waals surface area (Å²) in [5.41, 5.74) is 4.09. The lowest BCUT2D eigenvalue weighted by atomic mass is 9.37. The van der Waals surface area contributed by atoms with E-state index in [-0.39, 0.29) is 0 Å². The predicted molar refractivity (Wildman–Crippen MR) is 181 cm³/mol. The maximum absolute atomic E-state index is 3.78. The Morgan fingerprint density at radius 1 is 0.512 bits per heavy atom. The molecule has 0 N–H and O–H groups in total. The number of hydrogen-bond acceptors (Lipinski definition) is 3. The highest BCUT2D eigenvalue weighted by Crippen LogP contribution is 2.71. The quantitative estimate of drug-likeness (QED) is 0.274. The van der Waals surface area contributed by atoms with Gasteiger partial charge in [0.2, 0.25) is 0 Å². The Morgan fingerprint density at radius 2 is 0.878 bits per heavy atom. The van der Waals surface area contributed by atoms with Gasteiger partial charge in [-0.05, 0) is 76.0 Å². The van der Waals surface area contributed by atoms with E-state index in [2.05, 4.69) is 142 Å². The molecular weight excluding hydrogens is 498 g/mol. The molecule has 0 amide bonds. The second kappa shape index (κ2) is 17.4. The van der Waals surface area contributed by atoms with E-state index in [9.17, 15) is 0 Å². The molecule has 1 aromatic carbocycles. The van der Waals surface area contributed by atoms with E-state index in [0.29, 0.717) is 21.7 Å². The summed E-state index contributed by atoms with van der Waals surface area (Å²) in [5.74, 6) is 1.14. The molecule has 0 spiro atoms. The van der Waals surface area contributed by atoms with Crippen molar-refractivity contribution < 1.29 is 0 Å². The minimum Gasteiger partial charge on any atom is -0.265 e. The van der Waals surface area contributed by atoms with Crippen LogP contribution in [0.1, 0.15) is 122 Å². The van der Waals surface area contributed by atoms with Gasteiger partial charge in [0, 0.05) is 24.8 Å². The van der Waals surface area contributed by atoms with Crippen LogP contribution in [0.5, 0.6) is 0 Å². The third-order valence-electron chi connectivity index (χ3n) is 6.31. The van der Waals surface area contributed by atoms with Crippen LogP contribution in [0.15, 0.2) is 85.7 Å². The summed E-state index contributed by atoms with van der Waals surface area (Å²) in [7, 11) is 0. The topological polar surface area (TPSA) is 38.7 Å². The van der Waals surface area contributed by atoms with E-state index in [0.717, 1.165) is 11.3 Å². The van der Waals surface area contributed by atoms with Gasteiger partial charge in [0.1, 0.15) is 6.33 Å². The van der Waals surface area contributed by atoms with Crippen LogP contribution in [0, 0.1) is 27.6 Å². The maximum atomic E-state index is 3.78. The summed E-state index contributed by atoms with van der Waals surface area (Å²) in [4.78, 5) is 11.1. The van der Waals surface area contributed by atoms with Crippen LogP contribution in [-0.4, -0.2) is 15.0 Å². The van der Waals surface area contributed by atoms with Gasteiger partial charge in [-0.15, -0.1) is 0 Å². The summed E-state index contributed by atoms with van der Waals surface area (Å²) < 4.78 is 0. The molecule has 230 valence electrons. The molecule has 3 nitrogen and oxygen atoms in total. The normalized spacial score (nSPS) is 18.5. The van der Waals surface area contributed by atoms with Crippen LogP contribution in [0.25, 0.3) is 0 Å². The highest BCUT2D eigenvalue weighted by Gasteiger charge is 2.61. The smallest absolute Gasteiger partial charge is 0.115 e. The molecule has 41 heavy (non-hydrogen) atoms. The first-order valence-corrected chi connectivity index (χ1v) is 15.2. The van der Waals surface area contributed by atoms with Crippen molar-refractivity contribution in [1.29, 1.82) is 0 Å². The van der Waals surface area contributed by atoms with Crippen LogP contribution in [0.3, 0.4) is 0 Å². The van der Waals surface area contributed by atoms with Crippen LogP contribution in [-0.2, 0) is 5.41 Å². The molecule has 6 rings (SSSR count). The predicted octanol–water partition coefficient (Wildman–Crippen LogP) is 11.5. The minimum atomic E-state index is 0.293. The molecule has 3 fully saturated rings. The lowest BCUT2D eigenvalue weighted by molar-refractivity contribution is -0.181. The van der Waals surface area contributed by atoms with Crippen LogP contribution < -0.4 is 0 Å². The zero-order chi connectivity index (χ0) is 31.8. The van der Waals surface area contributed by atoms with Crippen molar-refractivity contribution in [2.24, 2.45) is 27.6 Å². The third kappa shape index (κ3) is 20.9. The Hall–Kier alpha value is -2.55.